The molecule has 0 saturated heterocycles. The van der Waals surface area contributed by atoms with Crippen molar-refractivity contribution in [1.82, 2.24) is 4.90 Å². The van der Waals surface area contributed by atoms with Crippen LogP contribution in [0.15, 0.2) is 18.2 Å². The molecule has 0 N–H and O–H groups in total. The molecular formula is C18H23N3O5S. The summed E-state index contributed by atoms with van der Waals surface area (Å²) in [7, 11) is -1.86. The van der Waals surface area contributed by atoms with Crippen molar-refractivity contribution < 1.29 is 22.7 Å². The summed E-state index contributed by atoms with van der Waals surface area (Å²) in [6, 6.07) is 6.41. The average molecular weight is 393 g/mol. The third-order valence-corrected chi connectivity index (χ3v) is 5.66. The molecule has 1 aromatic carbocycles. The number of carbonyl (C=O) groups excluding carboxylic acids is 2. The van der Waals surface area contributed by atoms with Crippen LogP contribution in [-0.4, -0.2) is 57.2 Å². The molecule has 1 aliphatic heterocycles. The second-order valence-electron chi connectivity index (χ2n) is 6.67. The van der Waals surface area contributed by atoms with E-state index in [1.54, 1.807) is 26.1 Å². The summed E-state index contributed by atoms with van der Waals surface area (Å²) in [6.45, 7) is 3.54. The number of fused-ring (bicyclic) bond motifs is 1. The highest BCUT2D eigenvalue weighted by atomic mass is 32.2. The number of anilines is 1. The summed E-state index contributed by atoms with van der Waals surface area (Å²) in [6.07, 6.45) is 0.857. The van der Waals surface area contributed by atoms with Gasteiger partial charge < -0.3 is 9.64 Å². The van der Waals surface area contributed by atoms with E-state index in [1.807, 2.05) is 6.07 Å². The van der Waals surface area contributed by atoms with Crippen LogP contribution in [0.25, 0.3) is 0 Å². The van der Waals surface area contributed by atoms with Crippen LogP contribution in [-0.2, 0) is 26.0 Å². The first-order chi connectivity index (χ1) is 12.6. The maximum absolute atomic E-state index is 12.4. The van der Waals surface area contributed by atoms with Crippen molar-refractivity contribution >= 4 is 27.6 Å². The van der Waals surface area contributed by atoms with E-state index in [0.717, 1.165) is 11.8 Å². The zero-order valence-electron chi connectivity index (χ0n) is 15.8. The van der Waals surface area contributed by atoms with E-state index >= 15 is 0 Å². The van der Waals surface area contributed by atoms with Gasteiger partial charge in [0.05, 0.1) is 30.0 Å². The number of sulfonamides is 1. The van der Waals surface area contributed by atoms with Crippen LogP contribution in [0.1, 0.15) is 36.2 Å². The van der Waals surface area contributed by atoms with E-state index in [1.165, 1.54) is 22.2 Å². The molecular weight excluding hydrogens is 370 g/mol. The molecule has 0 radical (unpaired) electrons. The lowest BCUT2D eigenvalue weighted by Gasteiger charge is -2.22. The van der Waals surface area contributed by atoms with Gasteiger partial charge in [-0.05, 0) is 44.0 Å². The fourth-order valence-electron chi connectivity index (χ4n) is 3.15. The number of esters is 1. The van der Waals surface area contributed by atoms with E-state index < -0.39 is 28.0 Å². The lowest BCUT2D eigenvalue weighted by atomic mass is 10.1. The predicted octanol–water partition coefficient (Wildman–Crippen LogP) is 1.31. The first-order valence-corrected chi connectivity index (χ1v) is 10.4. The van der Waals surface area contributed by atoms with Gasteiger partial charge in [0.25, 0.3) is 5.91 Å². The second-order valence-corrected chi connectivity index (χ2v) is 8.53. The molecule has 2 atom stereocenters. The largest absolute Gasteiger partial charge is 0.449 e. The molecule has 0 unspecified atom stereocenters. The van der Waals surface area contributed by atoms with Gasteiger partial charge in [0.2, 0.25) is 10.0 Å². The van der Waals surface area contributed by atoms with Gasteiger partial charge in [0.15, 0.2) is 6.10 Å². The Morgan fingerprint density at radius 2 is 2.11 bits per heavy atom. The summed E-state index contributed by atoms with van der Waals surface area (Å²) >= 11 is 0. The smallest absolute Gasteiger partial charge is 0.338 e. The van der Waals surface area contributed by atoms with Crippen LogP contribution in [0.3, 0.4) is 0 Å². The van der Waals surface area contributed by atoms with Crippen molar-refractivity contribution in [2.45, 2.75) is 38.8 Å². The van der Waals surface area contributed by atoms with Gasteiger partial charge in [0.1, 0.15) is 0 Å². The number of ether oxygens (including phenoxy) is 1. The molecule has 1 aromatic rings. The maximum atomic E-state index is 12.4. The number of hydrogen-bond acceptors (Lipinski definition) is 6. The first-order valence-electron chi connectivity index (χ1n) is 8.51. The van der Waals surface area contributed by atoms with Gasteiger partial charge in [-0.1, -0.05) is 0 Å². The molecule has 0 spiro atoms. The molecule has 27 heavy (non-hydrogen) atoms. The Morgan fingerprint density at radius 3 is 2.70 bits per heavy atom. The van der Waals surface area contributed by atoms with Crippen LogP contribution in [0.5, 0.6) is 0 Å². The maximum Gasteiger partial charge on any atom is 0.338 e. The number of carbonyl (C=O) groups is 2. The summed E-state index contributed by atoms with van der Waals surface area (Å²) in [5, 5.41) is 8.58. The van der Waals surface area contributed by atoms with E-state index in [-0.39, 0.29) is 24.6 Å². The predicted molar refractivity (Wildman–Crippen MR) is 99.7 cm³/mol. The summed E-state index contributed by atoms with van der Waals surface area (Å²) in [5.74, 6) is -1.05. The minimum absolute atomic E-state index is 0.197. The van der Waals surface area contributed by atoms with Crippen molar-refractivity contribution in [2.75, 3.05) is 24.2 Å². The second kappa shape index (κ2) is 7.96. The molecule has 2 rings (SSSR count). The lowest BCUT2D eigenvalue weighted by molar-refractivity contribution is -0.138. The zero-order valence-corrected chi connectivity index (χ0v) is 16.6. The molecule has 0 fully saturated rings. The third kappa shape index (κ3) is 4.57. The highest BCUT2D eigenvalue weighted by Gasteiger charge is 2.33. The zero-order chi connectivity index (χ0) is 20.4. The Morgan fingerprint density at radius 1 is 1.44 bits per heavy atom. The van der Waals surface area contributed by atoms with Gasteiger partial charge in [-0.2, -0.15) is 5.26 Å². The molecule has 0 aromatic heterocycles. The van der Waals surface area contributed by atoms with Gasteiger partial charge in [0, 0.05) is 19.6 Å². The Labute approximate surface area is 159 Å². The van der Waals surface area contributed by atoms with E-state index in [0.29, 0.717) is 12.1 Å². The molecule has 0 saturated carbocycles. The van der Waals surface area contributed by atoms with Gasteiger partial charge in [-0.15, -0.1) is 0 Å². The Kier molecular flexibility index (Phi) is 6.11. The summed E-state index contributed by atoms with van der Waals surface area (Å²) in [5.41, 5.74) is 1.56. The van der Waals surface area contributed by atoms with Crippen LogP contribution in [0, 0.1) is 11.3 Å². The number of hydrogen-bond donors (Lipinski definition) is 0. The molecule has 1 amide bonds. The fourth-order valence-corrected chi connectivity index (χ4v) is 4.42. The molecule has 1 aliphatic rings. The van der Waals surface area contributed by atoms with Crippen molar-refractivity contribution in [3.63, 3.8) is 0 Å². The lowest BCUT2D eigenvalue weighted by Crippen LogP contribution is -2.37. The third-order valence-electron chi connectivity index (χ3n) is 4.39. The molecule has 0 aliphatic carbocycles. The summed E-state index contributed by atoms with van der Waals surface area (Å²) in [4.78, 5) is 25.9. The SMILES string of the molecule is C[C@H](OC(=O)c1ccc2c(c1)C[C@@H](C)N2S(C)(=O)=O)C(=O)N(C)CCC#N. The van der Waals surface area contributed by atoms with Gasteiger partial charge in [-0.25, -0.2) is 13.2 Å². The van der Waals surface area contributed by atoms with Crippen molar-refractivity contribution in [3.8, 4) is 6.07 Å². The van der Waals surface area contributed by atoms with Gasteiger partial charge in [-0.3, -0.25) is 9.10 Å². The molecule has 1 heterocycles. The van der Waals surface area contributed by atoms with Crippen LogP contribution < -0.4 is 4.31 Å². The average Bonchev–Trinajstić information content (AvgIpc) is 2.93. The normalized spacial score (nSPS) is 17.0. The topological polar surface area (TPSA) is 108 Å². The minimum atomic E-state index is -3.40. The number of amides is 1. The Bertz CT molecular complexity index is 891. The molecule has 8 nitrogen and oxygen atoms in total. The van der Waals surface area contributed by atoms with Crippen LogP contribution in [0.4, 0.5) is 5.69 Å². The highest BCUT2D eigenvalue weighted by Crippen LogP contribution is 2.34. The minimum Gasteiger partial charge on any atom is -0.449 e. The van der Waals surface area contributed by atoms with E-state index in [2.05, 4.69) is 0 Å². The number of benzene rings is 1. The first kappa shape index (κ1) is 20.7. The van der Waals surface area contributed by atoms with Gasteiger partial charge >= 0.3 is 5.97 Å². The van der Waals surface area contributed by atoms with Crippen molar-refractivity contribution in [2.24, 2.45) is 0 Å². The van der Waals surface area contributed by atoms with Crippen LogP contribution in [0.2, 0.25) is 0 Å². The quantitative estimate of drug-likeness (QED) is 0.675. The number of nitriles is 1. The Hall–Kier alpha value is -2.60. The van der Waals surface area contributed by atoms with E-state index in [4.69, 9.17) is 10.00 Å². The van der Waals surface area contributed by atoms with E-state index in [9.17, 15) is 18.0 Å². The number of nitrogens with zero attached hydrogens (tertiary/aromatic N) is 3. The fraction of sp³-hybridized carbons (Fsp3) is 0.500. The summed E-state index contributed by atoms with van der Waals surface area (Å²) < 4.78 is 30.5. The standard InChI is InChI=1S/C18H23N3O5S/c1-12-10-15-11-14(6-7-16(15)21(12)27(4,24)25)18(23)26-13(2)17(22)20(3)9-5-8-19/h6-7,11-13H,5,9-10H2,1-4H3/t12-,13+/m1/s1. The molecule has 0 bridgehead atoms. The number of likely N-dealkylation sites (N-methyl/N-ethyl adjacent to an activating group) is 1. The van der Waals surface area contributed by atoms with Crippen molar-refractivity contribution in [1.29, 1.82) is 5.26 Å². The van der Waals surface area contributed by atoms with Crippen molar-refractivity contribution in [3.05, 3.63) is 29.3 Å². The van der Waals surface area contributed by atoms with Crippen LogP contribution >= 0.6 is 0 Å². The highest BCUT2D eigenvalue weighted by molar-refractivity contribution is 7.92. The molecule has 9 heteroatoms. The number of rotatable bonds is 6. The Balaban J connectivity index is 2.12. The molecule has 146 valence electrons. The monoisotopic (exact) mass is 393 g/mol.